The molecule has 0 saturated carbocycles. The number of phosphoric acid groups is 1. The smallest absolute Gasteiger partial charge is 0.474 e. The lowest BCUT2D eigenvalue weighted by molar-refractivity contribution is 0.132. The summed E-state index contributed by atoms with van der Waals surface area (Å²) in [4.78, 5) is 1.88. The number of nitrogens with zero attached hydrogens (tertiary/aromatic N) is 1. The number of phosphoric ester groups is 1. The van der Waals surface area contributed by atoms with Crippen LogP contribution in [0.15, 0.2) is 12.3 Å². The highest BCUT2D eigenvalue weighted by molar-refractivity contribution is 7.48. The van der Waals surface area contributed by atoms with E-state index >= 15 is 0 Å². The molecule has 0 heterocycles. The molecule has 0 rings (SSSR count). The highest BCUT2D eigenvalue weighted by atomic mass is 31.2. The molecule has 6 nitrogen and oxygen atoms in total. The molecular weight excluding hydrogens is 221 g/mol. The average Bonchev–Trinajstić information content (AvgIpc) is 2.18. The van der Waals surface area contributed by atoms with Gasteiger partial charge in [0.05, 0.1) is 19.5 Å². The van der Waals surface area contributed by atoms with E-state index in [1.54, 1.807) is 0 Å². The van der Waals surface area contributed by atoms with Gasteiger partial charge in [0.15, 0.2) is 0 Å². The van der Waals surface area contributed by atoms with E-state index in [2.05, 4.69) is 4.52 Å². The fourth-order valence-electron chi connectivity index (χ4n) is 0.655. The van der Waals surface area contributed by atoms with Crippen LogP contribution in [0.1, 0.15) is 0 Å². The summed E-state index contributed by atoms with van der Waals surface area (Å²) in [5.41, 5.74) is 0. The van der Waals surface area contributed by atoms with Crippen LogP contribution in [0.25, 0.3) is 0 Å². The Balaban J connectivity index is 3.91. The van der Waals surface area contributed by atoms with Crippen molar-refractivity contribution < 1.29 is 23.2 Å². The fraction of sp³-hybridized carbons (Fsp3) is 0.750. The molecule has 0 aromatic heterocycles. The van der Waals surface area contributed by atoms with Crippen molar-refractivity contribution in [2.45, 2.75) is 0 Å². The van der Waals surface area contributed by atoms with Crippen LogP contribution in [0.2, 0.25) is 0 Å². The van der Waals surface area contributed by atoms with Crippen molar-refractivity contribution >= 4 is 7.82 Å². The third-order valence-corrected chi connectivity index (χ3v) is 2.86. The molecule has 0 aliphatic heterocycles. The van der Waals surface area contributed by atoms with Crippen LogP contribution < -0.4 is 0 Å². The van der Waals surface area contributed by atoms with Gasteiger partial charge in [0.2, 0.25) is 0 Å². The van der Waals surface area contributed by atoms with Crippen molar-refractivity contribution in [2.75, 3.05) is 41.0 Å². The van der Waals surface area contributed by atoms with Gasteiger partial charge in [-0.1, -0.05) is 0 Å². The minimum atomic E-state index is -3.48. The van der Waals surface area contributed by atoms with E-state index in [-0.39, 0.29) is 13.2 Å². The topological polar surface area (TPSA) is 68.2 Å². The maximum absolute atomic E-state index is 11.6. The Labute approximate surface area is 90.0 Å². The minimum absolute atomic E-state index is 0.0242. The number of hydrogen-bond acceptors (Lipinski definition) is 6. The molecule has 0 aliphatic rings. The predicted octanol–water partition coefficient (Wildman–Crippen LogP) is 1.41. The van der Waals surface area contributed by atoms with E-state index in [9.17, 15) is 4.57 Å². The molecule has 0 aliphatic carbocycles. The van der Waals surface area contributed by atoms with E-state index in [0.717, 1.165) is 6.26 Å². The SMILES string of the molecule is COP(=O)(OC/C=C/O)OCCN(C)C. The van der Waals surface area contributed by atoms with E-state index < -0.39 is 7.82 Å². The van der Waals surface area contributed by atoms with Gasteiger partial charge in [0, 0.05) is 13.7 Å². The molecule has 1 atom stereocenters. The highest BCUT2D eigenvalue weighted by Gasteiger charge is 2.23. The molecule has 1 unspecified atom stereocenters. The quantitative estimate of drug-likeness (QED) is 0.510. The first kappa shape index (κ1) is 14.6. The highest BCUT2D eigenvalue weighted by Crippen LogP contribution is 2.48. The summed E-state index contributed by atoms with van der Waals surface area (Å²) in [5, 5.41) is 8.35. The first-order chi connectivity index (χ1) is 7.04. The summed E-state index contributed by atoms with van der Waals surface area (Å²) in [5.74, 6) is 0. The summed E-state index contributed by atoms with van der Waals surface area (Å²) >= 11 is 0. The molecule has 90 valence electrons. The molecule has 7 heteroatoms. The maximum atomic E-state index is 11.6. The molecule has 0 bridgehead atoms. The van der Waals surface area contributed by atoms with Gasteiger partial charge < -0.3 is 10.0 Å². The van der Waals surface area contributed by atoms with Crippen LogP contribution in [-0.4, -0.2) is 51.0 Å². The maximum Gasteiger partial charge on any atom is 0.474 e. The van der Waals surface area contributed by atoms with E-state index in [4.69, 9.17) is 14.2 Å². The number of hydrogen-bond donors (Lipinski definition) is 1. The third-order valence-electron chi connectivity index (χ3n) is 1.45. The zero-order chi connectivity index (χ0) is 11.7. The molecule has 1 N–H and O–H groups in total. The van der Waals surface area contributed by atoms with Crippen LogP contribution in [0, 0.1) is 0 Å². The Hall–Kier alpha value is -0.390. The monoisotopic (exact) mass is 239 g/mol. The minimum Gasteiger partial charge on any atom is -0.516 e. The molecule has 0 fully saturated rings. The summed E-state index contributed by atoms with van der Waals surface area (Å²) in [6.07, 6.45) is 2.10. The first-order valence-electron chi connectivity index (χ1n) is 4.43. The van der Waals surface area contributed by atoms with Gasteiger partial charge in [-0.3, -0.25) is 13.6 Å². The zero-order valence-corrected chi connectivity index (χ0v) is 10.1. The molecule has 0 aromatic rings. The van der Waals surface area contributed by atoms with Gasteiger partial charge in [0.1, 0.15) is 0 Å². The number of rotatable bonds is 8. The molecule has 0 aromatic carbocycles. The average molecular weight is 239 g/mol. The second kappa shape index (κ2) is 7.84. The Morgan fingerprint density at radius 2 is 2.07 bits per heavy atom. The molecule has 0 saturated heterocycles. The standard InChI is InChI=1S/C8H18NO5P/c1-9(2)5-8-14-15(11,12-3)13-7-4-6-10/h4,6,10H,5,7-8H2,1-3H3/b6-4+. The molecule has 15 heavy (non-hydrogen) atoms. The Kier molecular flexibility index (Phi) is 7.64. The molecule has 0 spiro atoms. The Bertz CT molecular complexity index is 231. The third kappa shape index (κ3) is 7.53. The van der Waals surface area contributed by atoms with Crippen LogP contribution in [0.4, 0.5) is 0 Å². The zero-order valence-electron chi connectivity index (χ0n) is 9.25. The van der Waals surface area contributed by atoms with Gasteiger partial charge >= 0.3 is 7.82 Å². The lowest BCUT2D eigenvalue weighted by Crippen LogP contribution is -2.17. The number of aliphatic hydroxyl groups is 1. The van der Waals surface area contributed by atoms with Crippen LogP contribution in [0.3, 0.4) is 0 Å². The van der Waals surface area contributed by atoms with Crippen LogP contribution >= 0.6 is 7.82 Å². The second-order valence-electron chi connectivity index (χ2n) is 2.95. The second-order valence-corrected chi connectivity index (χ2v) is 4.72. The first-order valence-corrected chi connectivity index (χ1v) is 5.89. The van der Waals surface area contributed by atoms with Gasteiger partial charge in [-0.15, -0.1) is 0 Å². The van der Waals surface area contributed by atoms with E-state index in [0.29, 0.717) is 6.54 Å². The van der Waals surface area contributed by atoms with Crippen molar-refractivity contribution in [1.29, 1.82) is 0 Å². The summed E-state index contributed by atoms with van der Waals surface area (Å²) in [6.45, 7) is 0.844. The predicted molar refractivity (Wildman–Crippen MR) is 56.8 cm³/mol. The normalized spacial score (nSPS) is 16.0. The lowest BCUT2D eigenvalue weighted by Gasteiger charge is -2.16. The van der Waals surface area contributed by atoms with Crippen molar-refractivity contribution in [2.24, 2.45) is 0 Å². The Morgan fingerprint density at radius 3 is 2.53 bits per heavy atom. The van der Waals surface area contributed by atoms with Crippen molar-refractivity contribution in [3.05, 3.63) is 12.3 Å². The van der Waals surface area contributed by atoms with Crippen LogP contribution in [-0.2, 0) is 18.1 Å². The number of aliphatic hydroxyl groups excluding tert-OH is 1. The fourth-order valence-corrected chi connectivity index (χ4v) is 1.51. The lowest BCUT2D eigenvalue weighted by atomic mass is 10.6. The molecule has 0 amide bonds. The van der Waals surface area contributed by atoms with Gasteiger partial charge in [-0.25, -0.2) is 4.57 Å². The van der Waals surface area contributed by atoms with Crippen LogP contribution in [0.5, 0.6) is 0 Å². The van der Waals surface area contributed by atoms with Gasteiger partial charge in [-0.2, -0.15) is 0 Å². The van der Waals surface area contributed by atoms with E-state index in [1.165, 1.54) is 13.2 Å². The summed E-state index contributed by atoms with van der Waals surface area (Å²) in [7, 11) is 1.52. The van der Waals surface area contributed by atoms with Gasteiger partial charge in [0.25, 0.3) is 0 Å². The summed E-state index contributed by atoms with van der Waals surface area (Å²) < 4.78 is 26.1. The largest absolute Gasteiger partial charge is 0.516 e. The molecular formula is C8H18NO5P. The Morgan fingerprint density at radius 1 is 1.40 bits per heavy atom. The summed E-state index contributed by atoms with van der Waals surface area (Å²) in [6, 6.07) is 0. The van der Waals surface area contributed by atoms with Crippen molar-refractivity contribution in [3.8, 4) is 0 Å². The van der Waals surface area contributed by atoms with E-state index in [1.807, 2.05) is 19.0 Å². The van der Waals surface area contributed by atoms with Gasteiger partial charge in [-0.05, 0) is 20.2 Å². The number of likely N-dealkylation sites (N-methyl/N-ethyl adjacent to an activating group) is 1. The van der Waals surface area contributed by atoms with Crippen molar-refractivity contribution in [3.63, 3.8) is 0 Å². The molecule has 0 radical (unpaired) electrons. The van der Waals surface area contributed by atoms with Crippen molar-refractivity contribution in [1.82, 2.24) is 4.90 Å².